The van der Waals surface area contributed by atoms with Crippen molar-refractivity contribution in [2.24, 2.45) is 0 Å². The van der Waals surface area contributed by atoms with Gasteiger partial charge in [-0.15, -0.1) is 0 Å². The van der Waals surface area contributed by atoms with E-state index < -0.39 is 8.07 Å². The lowest BCUT2D eigenvalue weighted by Gasteiger charge is -2.15. The third kappa shape index (κ3) is 4.18. The molecule has 0 aliphatic heterocycles. The average molecular weight is 342 g/mol. The highest BCUT2D eigenvalue weighted by molar-refractivity contribution is 6.76. The highest BCUT2D eigenvalue weighted by Gasteiger charge is 2.16. The van der Waals surface area contributed by atoms with Crippen molar-refractivity contribution in [3.05, 3.63) is 11.0 Å². The summed E-state index contributed by atoms with van der Waals surface area (Å²) in [6.45, 7) is 12.8. The Morgan fingerprint density at radius 1 is 1.27 bits per heavy atom. The number of anilines is 1. The van der Waals surface area contributed by atoms with E-state index in [4.69, 9.17) is 16.3 Å². The molecule has 2 aromatic rings. The molecule has 0 spiro atoms. The SMILES string of the molecule is CCNc1nc(Cl)nc2c1c(C)nn2COCC[Si](C)(C)C. The predicted molar refractivity (Wildman–Crippen MR) is 93.3 cm³/mol. The summed E-state index contributed by atoms with van der Waals surface area (Å²) in [5.74, 6) is 0.725. The van der Waals surface area contributed by atoms with Gasteiger partial charge < -0.3 is 10.1 Å². The van der Waals surface area contributed by atoms with E-state index in [0.29, 0.717) is 12.4 Å². The number of halogens is 1. The van der Waals surface area contributed by atoms with Gasteiger partial charge in [-0.25, -0.2) is 4.68 Å². The molecule has 0 radical (unpaired) electrons. The second-order valence-electron chi connectivity index (χ2n) is 6.50. The van der Waals surface area contributed by atoms with E-state index in [9.17, 15) is 0 Å². The van der Waals surface area contributed by atoms with Gasteiger partial charge in [0, 0.05) is 21.2 Å². The van der Waals surface area contributed by atoms with Crippen LogP contribution in [0.5, 0.6) is 0 Å². The molecular weight excluding hydrogens is 318 g/mol. The fourth-order valence-corrected chi connectivity index (χ4v) is 3.06. The highest BCUT2D eigenvalue weighted by Crippen LogP contribution is 2.25. The van der Waals surface area contributed by atoms with Crippen molar-refractivity contribution in [1.29, 1.82) is 0 Å². The average Bonchev–Trinajstić information content (AvgIpc) is 2.70. The smallest absolute Gasteiger partial charge is 0.226 e. The molecular formula is C14H24ClN5OSi. The maximum atomic E-state index is 6.02. The van der Waals surface area contributed by atoms with E-state index in [-0.39, 0.29) is 5.28 Å². The lowest BCUT2D eigenvalue weighted by atomic mass is 10.3. The van der Waals surface area contributed by atoms with Gasteiger partial charge in [0.15, 0.2) is 5.65 Å². The Bertz CT molecular complexity index is 653. The lowest BCUT2D eigenvalue weighted by molar-refractivity contribution is 0.0810. The lowest BCUT2D eigenvalue weighted by Crippen LogP contribution is -2.22. The Morgan fingerprint density at radius 3 is 2.64 bits per heavy atom. The third-order valence-electron chi connectivity index (χ3n) is 3.29. The molecule has 0 aliphatic carbocycles. The van der Waals surface area contributed by atoms with Gasteiger partial charge in [0.2, 0.25) is 5.28 Å². The van der Waals surface area contributed by atoms with E-state index in [2.05, 4.69) is 40.0 Å². The first kappa shape index (κ1) is 17.2. The van der Waals surface area contributed by atoms with Crippen LogP contribution in [0, 0.1) is 6.92 Å². The monoisotopic (exact) mass is 341 g/mol. The minimum absolute atomic E-state index is 0.215. The van der Waals surface area contributed by atoms with Crippen molar-refractivity contribution in [3.63, 3.8) is 0 Å². The normalized spacial score (nSPS) is 12.1. The second-order valence-corrected chi connectivity index (χ2v) is 12.5. The third-order valence-corrected chi connectivity index (χ3v) is 5.17. The van der Waals surface area contributed by atoms with Gasteiger partial charge in [-0.2, -0.15) is 15.1 Å². The molecule has 0 aliphatic rings. The van der Waals surface area contributed by atoms with Crippen LogP contribution in [0.4, 0.5) is 5.82 Å². The maximum absolute atomic E-state index is 6.02. The number of nitrogens with one attached hydrogen (secondary N) is 1. The number of ether oxygens (including phenoxy) is 1. The Balaban J connectivity index is 2.20. The number of hydrogen-bond acceptors (Lipinski definition) is 5. The van der Waals surface area contributed by atoms with Crippen LogP contribution in [-0.4, -0.2) is 41.0 Å². The van der Waals surface area contributed by atoms with Gasteiger partial charge in [-0.05, 0) is 31.5 Å². The van der Waals surface area contributed by atoms with Gasteiger partial charge in [0.25, 0.3) is 0 Å². The van der Waals surface area contributed by atoms with Crippen molar-refractivity contribution < 1.29 is 4.74 Å². The summed E-state index contributed by atoms with van der Waals surface area (Å²) in [7, 11) is -1.08. The molecule has 6 nitrogen and oxygen atoms in total. The van der Waals surface area contributed by atoms with Crippen LogP contribution < -0.4 is 5.32 Å². The van der Waals surface area contributed by atoms with Gasteiger partial charge in [-0.3, -0.25) is 0 Å². The van der Waals surface area contributed by atoms with Crippen LogP contribution in [0.25, 0.3) is 11.0 Å². The summed E-state index contributed by atoms with van der Waals surface area (Å²) in [5.41, 5.74) is 1.58. The summed E-state index contributed by atoms with van der Waals surface area (Å²) < 4.78 is 7.52. The number of nitrogens with zero attached hydrogens (tertiary/aromatic N) is 4. The van der Waals surface area contributed by atoms with Crippen molar-refractivity contribution in [2.45, 2.75) is 46.3 Å². The zero-order valence-electron chi connectivity index (χ0n) is 13.9. The zero-order chi connectivity index (χ0) is 16.3. The number of hydrogen-bond donors (Lipinski definition) is 1. The van der Waals surface area contributed by atoms with Crippen LogP contribution in [0.1, 0.15) is 12.6 Å². The maximum Gasteiger partial charge on any atom is 0.226 e. The fourth-order valence-electron chi connectivity index (χ4n) is 2.14. The molecule has 0 saturated heterocycles. The van der Waals surface area contributed by atoms with Crippen molar-refractivity contribution in [2.75, 3.05) is 18.5 Å². The van der Waals surface area contributed by atoms with E-state index >= 15 is 0 Å². The Labute approximate surface area is 137 Å². The van der Waals surface area contributed by atoms with Crippen molar-refractivity contribution >= 4 is 36.5 Å². The molecule has 0 fully saturated rings. The van der Waals surface area contributed by atoms with Crippen LogP contribution in [0.15, 0.2) is 0 Å². The standard InChI is InChI=1S/C14H24ClN5OSi/c1-6-16-12-11-10(2)19-20(13(11)18-14(15)17-12)9-21-7-8-22(3,4)5/h6-9H2,1-5H3,(H,16,17,18). The van der Waals surface area contributed by atoms with Crippen molar-refractivity contribution in [1.82, 2.24) is 19.7 Å². The number of aromatic nitrogens is 4. The number of aryl methyl sites for hydroxylation is 1. The van der Waals surface area contributed by atoms with E-state index in [1.54, 1.807) is 4.68 Å². The molecule has 2 rings (SSSR count). The van der Waals surface area contributed by atoms with E-state index in [1.807, 2.05) is 13.8 Å². The quantitative estimate of drug-likeness (QED) is 0.474. The van der Waals surface area contributed by atoms with Gasteiger partial charge in [0.05, 0.1) is 11.1 Å². The molecule has 0 bridgehead atoms. The molecule has 0 atom stereocenters. The topological polar surface area (TPSA) is 64.9 Å². The van der Waals surface area contributed by atoms with E-state index in [1.165, 1.54) is 0 Å². The molecule has 2 heterocycles. The molecule has 0 aromatic carbocycles. The molecule has 0 amide bonds. The number of rotatable bonds is 7. The molecule has 0 unspecified atom stereocenters. The summed E-state index contributed by atoms with van der Waals surface area (Å²) in [6, 6.07) is 1.13. The fraction of sp³-hybridized carbons (Fsp3) is 0.643. The number of fused-ring (bicyclic) bond motifs is 1. The Kier molecular flexibility index (Phi) is 5.41. The molecule has 1 N–H and O–H groups in total. The molecule has 0 saturated carbocycles. The largest absolute Gasteiger partial charge is 0.370 e. The Hall–Kier alpha value is -1.18. The van der Waals surface area contributed by atoms with E-state index in [0.717, 1.165) is 36.1 Å². The summed E-state index contributed by atoms with van der Waals surface area (Å²) in [4.78, 5) is 8.56. The minimum Gasteiger partial charge on any atom is -0.370 e. The van der Waals surface area contributed by atoms with Crippen LogP contribution in [0.3, 0.4) is 0 Å². The molecule has 22 heavy (non-hydrogen) atoms. The van der Waals surface area contributed by atoms with Crippen LogP contribution >= 0.6 is 11.6 Å². The first-order chi connectivity index (χ1) is 10.3. The van der Waals surface area contributed by atoms with Gasteiger partial charge >= 0.3 is 0 Å². The highest BCUT2D eigenvalue weighted by atomic mass is 35.5. The molecule has 2 aromatic heterocycles. The van der Waals surface area contributed by atoms with Gasteiger partial charge in [-0.1, -0.05) is 19.6 Å². The summed E-state index contributed by atoms with van der Waals surface area (Å²) >= 11 is 6.02. The van der Waals surface area contributed by atoms with Crippen LogP contribution in [-0.2, 0) is 11.5 Å². The summed E-state index contributed by atoms with van der Waals surface area (Å²) in [6.07, 6.45) is 0. The second kappa shape index (κ2) is 6.93. The van der Waals surface area contributed by atoms with Crippen LogP contribution in [0.2, 0.25) is 31.0 Å². The first-order valence-electron chi connectivity index (χ1n) is 7.54. The first-order valence-corrected chi connectivity index (χ1v) is 11.6. The molecule has 122 valence electrons. The predicted octanol–water partition coefficient (Wildman–Crippen LogP) is 3.53. The molecule has 8 heteroatoms. The summed E-state index contributed by atoms with van der Waals surface area (Å²) in [5, 5.41) is 8.84. The van der Waals surface area contributed by atoms with Crippen molar-refractivity contribution in [3.8, 4) is 0 Å². The van der Waals surface area contributed by atoms with Gasteiger partial charge in [0.1, 0.15) is 12.5 Å². The Morgan fingerprint density at radius 2 is 2.00 bits per heavy atom. The minimum atomic E-state index is -1.08. The zero-order valence-corrected chi connectivity index (χ0v) is 15.7.